The maximum Gasteiger partial charge on any atom is 0.154 e. The number of benzene rings is 1. The van der Waals surface area contributed by atoms with E-state index in [1.54, 1.807) is 6.92 Å². The fourth-order valence-electron chi connectivity index (χ4n) is 2.87. The highest BCUT2D eigenvalue weighted by Crippen LogP contribution is 2.62. The molecule has 19 heavy (non-hydrogen) atoms. The normalized spacial score (nSPS) is 30.3. The predicted octanol–water partition coefficient (Wildman–Crippen LogP) is 1.29. The number of nitrogens with two attached hydrogens (primary N) is 1. The lowest BCUT2D eigenvalue weighted by Gasteiger charge is -2.11. The molecule has 2 rings (SSSR count). The van der Waals surface area contributed by atoms with Gasteiger partial charge in [0.05, 0.1) is 11.9 Å². The molecule has 1 aliphatic rings. The van der Waals surface area contributed by atoms with E-state index in [4.69, 9.17) is 5.73 Å². The zero-order valence-electron chi connectivity index (χ0n) is 10.7. The van der Waals surface area contributed by atoms with Gasteiger partial charge in [-0.05, 0) is 17.7 Å². The minimum atomic E-state index is -3.22. The van der Waals surface area contributed by atoms with E-state index in [0.717, 1.165) is 10.0 Å². The highest BCUT2D eigenvalue weighted by Gasteiger charge is 2.69. The molecule has 1 aromatic rings. The van der Waals surface area contributed by atoms with Crippen LogP contribution in [0.1, 0.15) is 18.4 Å². The second-order valence-corrected chi connectivity index (χ2v) is 8.32. The fourth-order valence-corrected chi connectivity index (χ4v) is 5.29. The smallest absolute Gasteiger partial charge is 0.154 e. The van der Waals surface area contributed by atoms with E-state index in [1.807, 2.05) is 24.3 Å². The van der Waals surface area contributed by atoms with Crippen molar-refractivity contribution in [3.05, 3.63) is 34.3 Å². The van der Waals surface area contributed by atoms with E-state index in [0.29, 0.717) is 0 Å². The van der Waals surface area contributed by atoms with Crippen molar-refractivity contribution >= 4 is 25.8 Å². The van der Waals surface area contributed by atoms with Gasteiger partial charge in [-0.2, -0.15) is 0 Å². The van der Waals surface area contributed by atoms with Crippen LogP contribution in [0.3, 0.4) is 0 Å². The van der Waals surface area contributed by atoms with Gasteiger partial charge < -0.3 is 10.8 Å². The first-order chi connectivity index (χ1) is 8.93. The molecule has 1 aliphatic carbocycles. The van der Waals surface area contributed by atoms with E-state index >= 15 is 0 Å². The molecule has 0 aliphatic heterocycles. The van der Waals surface area contributed by atoms with E-state index in [2.05, 4.69) is 15.9 Å². The van der Waals surface area contributed by atoms with Crippen LogP contribution in [0.15, 0.2) is 28.7 Å². The second-order valence-electron chi connectivity index (χ2n) is 5.00. The number of aliphatic hydroxyl groups is 1. The zero-order chi connectivity index (χ0) is 14.3. The van der Waals surface area contributed by atoms with Crippen LogP contribution in [0.25, 0.3) is 0 Å². The molecule has 0 aromatic heterocycles. The lowest BCUT2D eigenvalue weighted by atomic mass is 10.0. The second kappa shape index (κ2) is 5.16. The maximum absolute atomic E-state index is 12.2. The summed E-state index contributed by atoms with van der Waals surface area (Å²) in [6.07, 6.45) is 0. The Morgan fingerprint density at radius 3 is 2.37 bits per heavy atom. The summed E-state index contributed by atoms with van der Waals surface area (Å²) in [7, 11) is -3.22. The van der Waals surface area contributed by atoms with Crippen molar-refractivity contribution in [2.24, 2.45) is 11.1 Å². The Kier molecular flexibility index (Phi) is 4.07. The molecule has 4 nitrogen and oxygen atoms in total. The summed E-state index contributed by atoms with van der Waals surface area (Å²) in [5.41, 5.74) is 5.95. The van der Waals surface area contributed by atoms with Gasteiger partial charge in [0.15, 0.2) is 9.84 Å². The summed E-state index contributed by atoms with van der Waals surface area (Å²) in [5.74, 6) is -0.132. The van der Waals surface area contributed by atoms with Crippen LogP contribution in [0.5, 0.6) is 0 Å². The van der Waals surface area contributed by atoms with Gasteiger partial charge in [-0.15, -0.1) is 0 Å². The number of sulfone groups is 1. The van der Waals surface area contributed by atoms with Crippen molar-refractivity contribution in [1.29, 1.82) is 0 Å². The number of hydrogen-bond donors (Lipinski definition) is 2. The fraction of sp³-hybridized carbons (Fsp3) is 0.538. The molecule has 0 spiro atoms. The maximum atomic E-state index is 12.2. The van der Waals surface area contributed by atoms with Gasteiger partial charge in [0, 0.05) is 28.1 Å². The number of halogens is 1. The Labute approximate surface area is 122 Å². The third-order valence-electron chi connectivity index (χ3n) is 4.07. The first kappa shape index (κ1) is 15.0. The molecule has 0 radical (unpaired) electrons. The van der Waals surface area contributed by atoms with Gasteiger partial charge >= 0.3 is 0 Å². The average molecular weight is 348 g/mol. The third kappa shape index (κ3) is 2.35. The molecule has 0 bridgehead atoms. The quantitative estimate of drug-likeness (QED) is 0.840. The van der Waals surface area contributed by atoms with Gasteiger partial charge in [-0.25, -0.2) is 8.42 Å². The molecule has 3 N–H and O–H groups in total. The molecule has 3 atom stereocenters. The molecule has 0 saturated heterocycles. The van der Waals surface area contributed by atoms with Gasteiger partial charge in [0.2, 0.25) is 0 Å². The van der Waals surface area contributed by atoms with Crippen LogP contribution in [0.4, 0.5) is 0 Å². The van der Waals surface area contributed by atoms with E-state index < -0.39 is 20.5 Å². The lowest BCUT2D eigenvalue weighted by Crippen LogP contribution is -2.28. The Bertz CT molecular complexity index is 552. The molecule has 0 heterocycles. The lowest BCUT2D eigenvalue weighted by molar-refractivity contribution is 0.212. The van der Waals surface area contributed by atoms with Crippen LogP contribution >= 0.6 is 15.9 Å². The number of aliphatic hydroxyl groups excluding tert-OH is 1. The van der Waals surface area contributed by atoms with E-state index in [9.17, 15) is 13.5 Å². The largest absolute Gasteiger partial charge is 0.396 e. The first-order valence-corrected chi connectivity index (χ1v) is 8.71. The van der Waals surface area contributed by atoms with Crippen molar-refractivity contribution < 1.29 is 13.5 Å². The number of rotatable bonds is 5. The minimum absolute atomic E-state index is 0.0758. The summed E-state index contributed by atoms with van der Waals surface area (Å²) >= 11 is 3.35. The van der Waals surface area contributed by atoms with Gasteiger partial charge in [-0.1, -0.05) is 35.0 Å². The van der Waals surface area contributed by atoms with Crippen LogP contribution in [0.2, 0.25) is 0 Å². The minimum Gasteiger partial charge on any atom is -0.396 e. The van der Waals surface area contributed by atoms with Crippen LogP contribution in [-0.2, 0) is 9.84 Å². The van der Waals surface area contributed by atoms with Crippen LogP contribution in [-0.4, -0.2) is 37.7 Å². The Hall–Kier alpha value is -0.430. The van der Waals surface area contributed by atoms with Gasteiger partial charge in [0.1, 0.15) is 0 Å². The molecular weight excluding hydrogens is 330 g/mol. The van der Waals surface area contributed by atoms with Crippen LogP contribution in [0, 0.1) is 5.41 Å². The zero-order valence-corrected chi connectivity index (χ0v) is 13.1. The molecule has 6 heteroatoms. The average Bonchev–Trinajstić information content (AvgIpc) is 3.10. The van der Waals surface area contributed by atoms with Crippen molar-refractivity contribution in [3.8, 4) is 0 Å². The topological polar surface area (TPSA) is 80.4 Å². The summed E-state index contributed by atoms with van der Waals surface area (Å²) in [6.45, 7) is 1.60. The SMILES string of the molecule is CCS(=O)(=O)[C@@H]1[C@H](c2ccc(Br)cc2)[C@]1(CN)CO. The number of hydrogen-bond acceptors (Lipinski definition) is 4. The Morgan fingerprint density at radius 2 is 1.95 bits per heavy atom. The van der Waals surface area contributed by atoms with Gasteiger partial charge in [-0.3, -0.25) is 0 Å². The molecule has 1 saturated carbocycles. The van der Waals surface area contributed by atoms with E-state index in [1.165, 1.54) is 0 Å². The standard InChI is InChI=1S/C13H18BrNO3S/c1-2-19(17,18)12-11(13(12,7-15)8-16)9-3-5-10(14)6-4-9/h3-6,11-12,16H,2,7-8,15H2,1H3/t11-,12+,13-/m0/s1. The van der Waals surface area contributed by atoms with Crippen molar-refractivity contribution in [2.75, 3.05) is 18.9 Å². The molecule has 0 unspecified atom stereocenters. The predicted molar refractivity (Wildman–Crippen MR) is 78.7 cm³/mol. The molecule has 0 amide bonds. The third-order valence-corrected chi connectivity index (χ3v) is 6.92. The summed E-state index contributed by atoms with van der Waals surface area (Å²) < 4.78 is 25.3. The molecular formula is C13H18BrNO3S. The van der Waals surface area contributed by atoms with E-state index in [-0.39, 0.29) is 24.8 Å². The molecule has 106 valence electrons. The molecule has 1 aromatic carbocycles. The highest BCUT2D eigenvalue weighted by atomic mass is 79.9. The monoisotopic (exact) mass is 347 g/mol. The first-order valence-electron chi connectivity index (χ1n) is 6.21. The molecule has 1 fully saturated rings. The van der Waals surface area contributed by atoms with Gasteiger partial charge in [0.25, 0.3) is 0 Å². The highest BCUT2D eigenvalue weighted by molar-refractivity contribution is 9.10. The Balaban J connectivity index is 2.42. The van der Waals surface area contributed by atoms with Crippen molar-refractivity contribution in [2.45, 2.75) is 18.1 Å². The summed E-state index contributed by atoms with van der Waals surface area (Å²) in [5, 5.41) is 9.05. The summed E-state index contributed by atoms with van der Waals surface area (Å²) in [4.78, 5) is 0. The Morgan fingerprint density at radius 1 is 1.37 bits per heavy atom. The van der Waals surface area contributed by atoms with Crippen LogP contribution < -0.4 is 5.73 Å². The van der Waals surface area contributed by atoms with Crippen molar-refractivity contribution in [1.82, 2.24) is 0 Å². The summed E-state index contributed by atoms with van der Waals surface area (Å²) in [6, 6.07) is 7.53. The van der Waals surface area contributed by atoms with Crippen molar-refractivity contribution in [3.63, 3.8) is 0 Å².